The van der Waals surface area contributed by atoms with Crippen LogP contribution in [0.3, 0.4) is 0 Å². The summed E-state index contributed by atoms with van der Waals surface area (Å²) in [6, 6.07) is 28.6. The second kappa shape index (κ2) is 16.5. The quantitative estimate of drug-likeness (QED) is 0.150. The Morgan fingerprint density at radius 2 is 1.53 bits per heavy atom. The van der Waals surface area contributed by atoms with Crippen LogP contribution in [0.2, 0.25) is 5.02 Å². The van der Waals surface area contributed by atoms with Gasteiger partial charge in [0.25, 0.3) is 10.0 Å². The maximum Gasteiger partial charge on any atom is 0.264 e. The molecule has 0 aromatic heterocycles. The number of hydrogen-bond acceptors (Lipinski definition) is 5. The lowest BCUT2D eigenvalue weighted by atomic mass is 10.0. The molecule has 0 heterocycles. The largest absolute Gasteiger partial charge is 0.492 e. The maximum absolute atomic E-state index is 14.7. The first-order valence-electron chi connectivity index (χ1n) is 15.7. The van der Waals surface area contributed by atoms with Crippen molar-refractivity contribution in [3.63, 3.8) is 0 Å². The molecule has 0 fully saturated rings. The third kappa shape index (κ3) is 9.36. The van der Waals surface area contributed by atoms with Crippen molar-refractivity contribution in [3.05, 3.63) is 125 Å². The second-order valence-electron chi connectivity index (χ2n) is 11.4. The monoisotopic (exact) mass is 675 g/mol. The first-order chi connectivity index (χ1) is 22.5. The Hall–Kier alpha value is -4.34. The number of nitrogens with zero attached hydrogens (tertiary/aromatic N) is 2. The van der Waals surface area contributed by atoms with Crippen LogP contribution < -0.4 is 14.4 Å². The lowest BCUT2D eigenvalue weighted by Crippen LogP contribution is -2.54. The van der Waals surface area contributed by atoms with Gasteiger partial charge >= 0.3 is 0 Å². The number of halogens is 1. The van der Waals surface area contributed by atoms with E-state index in [9.17, 15) is 18.0 Å². The number of carbonyl (C=O) groups is 2. The van der Waals surface area contributed by atoms with Gasteiger partial charge in [0, 0.05) is 24.0 Å². The second-order valence-corrected chi connectivity index (χ2v) is 13.7. The van der Waals surface area contributed by atoms with Gasteiger partial charge in [-0.05, 0) is 74.7 Å². The SMILES string of the molecule is CCOc1ccccc1N(CC(=O)N(Cc1cccc(C)c1)[C@@H](Cc1ccccc1)C(=O)N[C@H](C)CC)S(=O)(=O)c1ccc(Cl)cc1. The van der Waals surface area contributed by atoms with Crippen LogP contribution in [0.25, 0.3) is 0 Å². The van der Waals surface area contributed by atoms with Crippen molar-refractivity contribution in [2.45, 2.75) is 64.1 Å². The molecule has 2 atom stereocenters. The molecule has 47 heavy (non-hydrogen) atoms. The van der Waals surface area contributed by atoms with Crippen LogP contribution in [0, 0.1) is 6.92 Å². The van der Waals surface area contributed by atoms with E-state index < -0.39 is 28.5 Å². The van der Waals surface area contributed by atoms with Gasteiger partial charge in [0.15, 0.2) is 0 Å². The van der Waals surface area contributed by atoms with E-state index in [1.807, 2.05) is 75.4 Å². The molecule has 0 unspecified atom stereocenters. The number of rotatable bonds is 15. The third-order valence-corrected chi connectivity index (χ3v) is 9.85. The van der Waals surface area contributed by atoms with Crippen LogP contribution in [0.1, 0.15) is 43.9 Å². The van der Waals surface area contributed by atoms with E-state index in [1.165, 1.54) is 29.2 Å². The molecule has 0 aliphatic heterocycles. The molecule has 0 spiro atoms. The highest BCUT2D eigenvalue weighted by atomic mass is 35.5. The molecule has 248 valence electrons. The number of aryl methyl sites for hydroxylation is 1. The summed E-state index contributed by atoms with van der Waals surface area (Å²) < 4.78 is 35.5. The maximum atomic E-state index is 14.7. The number of amides is 2. The van der Waals surface area contributed by atoms with E-state index in [0.29, 0.717) is 17.2 Å². The standard InChI is InChI=1S/C37H42ClN3O5S/c1-5-28(4)39-37(43)34(24-29-14-8-7-9-15-29)40(25-30-16-12-13-27(3)23-30)36(42)26-41(33-17-10-11-18-35(33)46-6-2)47(44,45)32-21-19-31(38)20-22-32/h7-23,28,34H,5-6,24-26H2,1-4H3,(H,39,43)/t28-,34+/m1/s1. The molecule has 1 N–H and O–H groups in total. The smallest absolute Gasteiger partial charge is 0.264 e. The van der Waals surface area contributed by atoms with E-state index in [4.69, 9.17) is 16.3 Å². The molecule has 2 amide bonds. The van der Waals surface area contributed by atoms with Crippen LogP contribution in [-0.2, 0) is 32.6 Å². The Kier molecular flexibility index (Phi) is 12.4. The molecule has 0 radical (unpaired) electrons. The summed E-state index contributed by atoms with van der Waals surface area (Å²) in [5, 5.41) is 3.43. The van der Waals surface area contributed by atoms with Gasteiger partial charge in [-0.25, -0.2) is 8.42 Å². The van der Waals surface area contributed by atoms with Crippen LogP contribution in [0.15, 0.2) is 108 Å². The summed E-state index contributed by atoms with van der Waals surface area (Å²) in [5.74, 6) is -0.553. The first kappa shape index (κ1) is 35.5. The molecule has 4 aromatic carbocycles. The summed E-state index contributed by atoms with van der Waals surface area (Å²) in [4.78, 5) is 30.1. The topological polar surface area (TPSA) is 96.0 Å². The van der Waals surface area contributed by atoms with Gasteiger partial charge in [-0.15, -0.1) is 0 Å². The summed E-state index contributed by atoms with van der Waals surface area (Å²) in [6.45, 7) is 7.44. The molecule has 0 saturated carbocycles. The van der Waals surface area contributed by atoms with Crippen molar-refractivity contribution in [2.75, 3.05) is 17.5 Å². The van der Waals surface area contributed by atoms with Crippen LogP contribution in [0.5, 0.6) is 5.75 Å². The molecular weight excluding hydrogens is 634 g/mol. The highest BCUT2D eigenvalue weighted by Crippen LogP contribution is 2.33. The van der Waals surface area contributed by atoms with Crippen molar-refractivity contribution in [1.82, 2.24) is 10.2 Å². The average Bonchev–Trinajstić information content (AvgIpc) is 3.06. The third-order valence-electron chi connectivity index (χ3n) is 7.82. The molecule has 10 heteroatoms. The molecular formula is C37H42ClN3O5S. The molecule has 0 aliphatic rings. The molecule has 4 aromatic rings. The molecule has 8 nitrogen and oxygen atoms in total. The highest BCUT2D eigenvalue weighted by Gasteiger charge is 2.35. The van der Waals surface area contributed by atoms with Crippen molar-refractivity contribution < 1.29 is 22.7 Å². The van der Waals surface area contributed by atoms with Crippen LogP contribution in [-0.4, -0.2) is 50.4 Å². The van der Waals surface area contributed by atoms with Crippen LogP contribution in [0.4, 0.5) is 5.69 Å². The van der Waals surface area contributed by atoms with E-state index in [0.717, 1.165) is 21.0 Å². The summed E-state index contributed by atoms with van der Waals surface area (Å²) in [5.41, 5.74) is 2.88. The number of hydrogen-bond donors (Lipinski definition) is 1. The lowest BCUT2D eigenvalue weighted by molar-refractivity contribution is -0.140. The number of anilines is 1. The summed E-state index contributed by atoms with van der Waals surface area (Å²) in [7, 11) is -4.30. The zero-order valence-electron chi connectivity index (χ0n) is 27.2. The number of para-hydroxylation sites is 2. The predicted molar refractivity (Wildman–Crippen MR) is 187 cm³/mol. The highest BCUT2D eigenvalue weighted by molar-refractivity contribution is 7.92. The minimum Gasteiger partial charge on any atom is -0.492 e. The Balaban J connectivity index is 1.84. The fourth-order valence-corrected chi connectivity index (χ4v) is 6.74. The minimum absolute atomic E-state index is 0.0402. The van der Waals surface area contributed by atoms with Gasteiger partial charge < -0.3 is 15.0 Å². The van der Waals surface area contributed by atoms with Gasteiger partial charge in [0.05, 0.1) is 17.2 Å². The number of carbonyl (C=O) groups excluding carboxylic acids is 2. The van der Waals surface area contributed by atoms with Crippen molar-refractivity contribution >= 4 is 39.1 Å². The van der Waals surface area contributed by atoms with E-state index in [-0.39, 0.29) is 42.1 Å². The van der Waals surface area contributed by atoms with Crippen molar-refractivity contribution in [2.24, 2.45) is 0 Å². The molecule has 0 saturated heterocycles. The van der Waals surface area contributed by atoms with Gasteiger partial charge in [-0.1, -0.05) is 90.8 Å². The van der Waals surface area contributed by atoms with E-state index in [1.54, 1.807) is 31.2 Å². The molecule has 0 bridgehead atoms. The fraction of sp³-hybridized carbons (Fsp3) is 0.297. The van der Waals surface area contributed by atoms with Crippen molar-refractivity contribution in [3.8, 4) is 5.75 Å². The normalized spacial score (nSPS) is 12.5. The fourth-order valence-electron chi connectivity index (χ4n) is 5.19. The zero-order chi connectivity index (χ0) is 34.0. The minimum atomic E-state index is -4.30. The number of benzene rings is 4. The van der Waals surface area contributed by atoms with E-state index >= 15 is 0 Å². The number of ether oxygens (including phenoxy) is 1. The zero-order valence-corrected chi connectivity index (χ0v) is 28.8. The number of sulfonamides is 1. The average molecular weight is 676 g/mol. The van der Waals surface area contributed by atoms with Gasteiger partial charge in [0.1, 0.15) is 18.3 Å². The van der Waals surface area contributed by atoms with Gasteiger partial charge in [0.2, 0.25) is 11.8 Å². The van der Waals surface area contributed by atoms with Gasteiger partial charge in [-0.2, -0.15) is 0 Å². The first-order valence-corrected chi connectivity index (χ1v) is 17.5. The molecule has 0 aliphatic carbocycles. The summed E-state index contributed by atoms with van der Waals surface area (Å²) in [6.07, 6.45) is 0.942. The summed E-state index contributed by atoms with van der Waals surface area (Å²) >= 11 is 6.09. The lowest BCUT2D eigenvalue weighted by Gasteiger charge is -2.34. The Bertz CT molecular complexity index is 1750. The van der Waals surface area contributed by atoms with Gasteiger partial charge in [-0.3, -0.25) is 13.9 Å². The van der Waals surface area contributed by atoms with Crippen LogP contribution >= 0.6 is 11.6 Å². The molecule has 4 rings (SSSR count). The predicted octanol–water partition coefficient (Wildman–Crippen LogP) is 6.80. The Morgan fingerprint density at radius 1 is 0.872 bits per heavy atom. The number of nitrogens with one attached hydrogen (secondary N) is 1. The Labute approximate surface area is 283 Å². The van der Waals surface area contributed by atoms with E-state index in [2.05, 4.69) is 5.32 Å². The van der Waals surface area contributed by atoms with Crippen molar-refractivity contribution in [1.29, 1.82) is 0 Å². The Morgan fingerprint density at radius 3 is 2.19 bits per heavy atom.